The minimum absolute atomic E-state index is 0.182. The Balaban J connectivity index is 1.12. The number of rotatable bonds is 6. The summed E-state index contributed by atoms with van der Waals surface area (Å²) in [4.78, 5) is 25.5. The number of para-hydroxylation sites is 1. The zero-order chi connectivity index (χ0) is 26.2. The van der Waals surface area contributed by atoms with Crippen LogP contribution in [0, 0.1) is 11.8 Å². The number of fused-ring (bicyclic) bond motifs is 2. The van der Waals surface area contributed by atoms with Gasteiger partial charge in [-0.2, -0.15) is 0 Å². The molecule has 0 spiro atoms. The van der Waals surface area contributed by atoms with Crippen LogP contribution in [0.3, 0.4) is 0 Å². The van der Waals surface area contributed by atoms with Crippen LogP contribution in [-0.4, -0.2) is 56.2 Å². The number of nitrogens with one attached hydrogen (secondary N) is 2. The van der Waals surface area contributed by atoms with Crippen molar-refractivity contribution in [2.45, 2.75) is 57.0 Å². The minimum Gasteiger partial charge on any atom is -0.507 e. The second-order valence-corrected chi connectivity index (χ2v) is 11.0. The fourth-order valence-electron chi connectivity index (χ4n) is 6.52. The highest BCUT2D eigenvalue weighted by molar-refractivity contribution is 5.72. The molecule has 0 radical (unpaired) electrons. The predicted molar refractivity (Wildman–Crippen MR) is 143 cm³/mol. The van der Waals surface area contributed by atoms with Crippen LogP contribution in [0.2, 0.25) is 0 Å². The molecule has 200 valence electrons. The van der Waals surface area contributed by atoms with Crippen molar-refractivity contribution in [1.29, 1.82) is 0 Å². The zero-order valence-corrected chi connectivity index (χ0v) is 21.4. The molecule has 3 fully saturated rings. The predicted octanol–water partition coefficient (Wildman–Crippen LogP) is 2.55. The van der Waals surface area contributed by atoms with Crippen molar-refractivity contribution in [3.05, 3.63) is 65.4 Å². The maximum Gasteiger partial charge on any atom is 0.306 e. The lowest BCUT2D eigenvalue weighted by atomic mass is 9.79. The van der Waals surface area contributed by atoms with Gasteiger partial charge < -0.3 is 25.7 Å². The highest BCUT2D eigenvalue weighted by Crippen LogP contribution is 2.36. The molecule has 2 atom stereocenters. The molecule has 3 aliphatic heterocycles. The number of likely N-dealkylation sites (tertiary alicyclic amines) is 1. The summed E-state index contributed by atoms with van der Waals surface area (Å²) in [6, 6.07) is 7.84. The number of phenols is 1. The van der Waals surface area contributed by atoms with Gasteiger partial charge in [0.25, 0.3) is 0 Å². The summed E-state index contributed by atoms with van der Waals surface area (Å²) in [6.07, 6.45) is 12.4. The molecule has 6 rings (SSSR count). The third-order valence-corrected chi connectivity index (χ3v) is 8.55. The largest absolute Gasteiger partial charge is 0.507 e. The van der Waals surface area contributed by atoms with Crippen molar-refractivity contribution in [1.82, 2.24) is 25.7 Å². The Morgan fingerprint density at radius 3 is 2.34 bits per heavy atom. The normalized spacial score (nSPS) is 27.0. The SMILES string of the molecule is NC1=C(N2CC3CCC(C2)N3c2ncc(CC3CCC(C(=O)O)CC3)cn2)C=C(c2ccccc2O)NN1. The number of carbonyl (C=O) groups is 1. The molecule has 0 amide bonds. The molecule has 1 aromatic carbocycles. The molecule has 2 saturated heterocycles. The van der Waals surface area contributed by atoms with Gasteiger partial charge >= 0.3 is 5.97 Å². The van der Waals surface area contributed by atoms with Crippen molar-refractivity contribution >= 4 is 17.6 Å². The van der Waals surface area contributed by atoms with Gasteiger partial charge in [0.2, 0.25) is 5.95 Å². The Hall–Kier alpha value is -3.95. The first kappa shape index (κ1) is 24.4. The molecule has 1 saturated carbocycles. The molecule has 4 heterocycles. The summed E-state index contributed by atoms with van der Waals surface area (Å²) in [5.41, 5.74) is 16.1. The molecule has 1 aliphatic carbocycles. The molecule has 10 nitrogen and oxygen atoms in total. The van der Waals surface area contributed by atoms with E-state index in [9.17, 15) is 15.0 Å². The number of aliphatic carboxylic acids is 1. The smallest absolute Gasteiger partial charge is 0.306 e. The van der Waals surface area contributed by atoms with Gasteiger partial charge in [-0.05, 0) is 74.6 Å². The van der Waals surface area contributed by atoms with Gasteiger partial charge in [-0.3, -0.25) is 15.6 Å². The molecule has 2 unspecified atom stereocenters. The number of hydrogen-bond acceptors (Lipinski definition) is 9. The van der Waals surface area contributed by atoms with Gasteiger partial charge in [-0.25, -0.2) is 9.97 Å². The van der Waals surface area contributed by atoms with Crippen molar-refractivity contribution in [3.8, 4) is 5.75 Å². The molecular weight excluding hydrogens is 482 g/mol. The Morgan fingerprint density at radius 1 is 1.00 bits per heavy atom. The number of carboxylic acid groups (broad SMARTS) is 1. The molecule has 4 aliphatic rings. The summed E-state index contributed by atoms with van der Waals surface area (Å²) in [5.74, 6) is 1.23. The van der Waals surface area contributed by atoms with E-state index in [-0.39, 0.29) is 11.7 Å². The van der Waals surface area contributed by atoms with Crippen LogP contribution in [0.5, 0.6) is 5.75 Å². The van der Waals surface area contributed by atoms with Gasteiger partial charge in [0.15, 0.2) is 0 Å². The first-order valence-electron chi connectivity index (χ1n) is 13.5. The average molecular weight is 518 g/mol. The van der Waals surface area contributed by atoms with Crippen LogP contribution in [0.4, 0.5) is 5.95 Å². The fourth-order valence-corrected chi connectivity index (χ4v) is 6.52. The van der Waals surface area contributed by atoms with E-state index in [1.807, 2.05) is 30.6 Å². The Morgan fingerprint density at radius 2 is 1.68 bits per heavy atom. The first-order chi connectivity index (χ1) is 18.5. The number of piperazine rings is 1. The second-order valence-electron chi connectivity index (χ2n) is 11.0. The Labute approximate surface area is 222 Å². The Kier molecular flexibility index (Phi) is 6.47. The molecule has 2 aromatic rings. The van der Waals surface area contributed by atoms with Crippen molar-refractivity contribution in [2.75, 3.05) is 18.0 Å². The standard InChI is InChI=1S/C28H35N7O3/c29-26-24(12-23(32-33-26)22-3-1-2-4-25(22)36)34-15-20-9-10-21(16-34)35(20)28-30-13-18(14-31-28)11-17-5-7-19(8-6-17)27(37)38/h1-4,12-14,17,19-21,32-33,36H,5-11,15-16,29H2,(H,37,38). The number of aromatic nitrogens is 2. The van der Waals surface area contributed by atoms with E-state index in [0.29, 0.717) is 23.8 Å². The molecule has 2 bridgehead atoms. The van der Waals surface area contributed by atoms with Crippen LogP contribution in [0.15, 0.2) is 54.3 Å². The number of hydrazine groups is 1. The number of benzene rings is 1. The maximum absolute atomic E-state index is 11.2. The van der Waals surface area contributed by atoms with E-state index in [1.54, 1.807) is 12.1 Å². The van der Waals surface area contributed by atoms with Crippen molar-refractivity contribution < 1.29 is 15.0 Å². The zero-order valence-electron chi connectivity index (χ0n) is 21.4. The Bertz CT molecular complexity index is 1240. The van der Waals surface area contributed by atoms with Crippen LogP contribution in [0.25, 0.3) is 5.70 Å². The average Bonchev–Trinajstić information content (AvgIpc) is 3.19. The lowest BCUT2D eigenvalue weighted by Crippen LogP contribution is -2.55. The van der Waals surface area contributed by atoms with Crippen molar-refractivity contribution in [2.24, 2.45) is 17.6 Å². The fraction of sp³-hybridized carbons (Fsp3) is 0.464. The second kappa shape index (κ2) is 10.1. The molecule has 1 aromatic heterocycles. The lowest BCUT2D eigenvalue weighted by Gasteiger charge is -2.43. The third kappa shape index (κ3) is 4.70. The quantitative estimate of drug-likeness (QED) is 0.388. The van der Waals surface area contributed by atoms with Crippen LogP contribution in [-0.2, 0) is 11.2 Å². The number of hydrogen-bond donors (Lipinski definition) is 5. The van der Waals surface area contributed by atoms with E-state index in [2.05, 4.69) is 20.7 Å². The summed E-state index contributed by atoms with van der Waals surface area (Å²) < 4.78 is 0. The molecule has 6 N–H and O–H groups in total. The summed E-state index contributed by atoms with van der Waals surface area (Å²) in [6.45, 7) is 1.63. The van der Waals surface area contributed by atoms with E-state index >= 15 is 0 Å². The number of carboxylic acids is 1. The van der Waals surface area contributed by atoms with Gasteiger partial charge in [0.1, 0.15) is 11.6 Å². The van der Waals surface area contributed by atoms with Crippen LogP contribution < -0.4 is 21.5 Å². The number of phenolic OH excluding ortho intramolecular Hbond substituents is 1. The number of anilines is 1. The number of aromatic hydroxyl groups is 1. The molecular formula is C28H35N7O3. The summed E-state index contributed by atoms with van der Waals surface area (Å²) in [7, 11) is 0. The van der Waals surface area contributed by atoms with Gasteiger partial charge in [-0.1, -0.05) is 12.1 Å². The summed E-state index contributed by atoms with van der Waals surface area (Å²) >= 11 is 0. The first-order valence-corrected chi connectivity index (χ1v) is 13.5. The summed E-state index contributed by atoms with van der Waals surface area (Å²) in [5, 5.41) is 19.5. The minimum atomic E-state index is -0.659. The van der Waals surface area contributed by atoms with E-state index in [0.717, 1.165) is 86.5 Å². The van der Waals surface area contributed by atoms with Crippen LogP contribution in [0.1, 0.15) is 49.7 Å². The van der Waals surface area contributed by atoms with Crippen LogP contribution >= 0.6 is 0 Å². The van der Waals surface area contributed by atoms with E-state index in [4.69, 9.17) is 15.7 Å². The van der Waals surface area contributed by atoms with E-state index < -0.39 is 5.97 Å². The number of nitrogens with zero attached hydrogens (tertiary/aromatic N) is 4. The highest BCUT2D eigenvalue weighted by atomic mass is 16.4. The van der Waals surface area contributed by atoms with Gasteiger partial charge in [0, 0.05) is 43.1 Å². The number of allylic oxidation sites excluding steroid dienone is 1. The van der Waals surface area contributed by atoms with Crippen molar-refractivity contribution in [3.63, 3.8) is 0 Å². The monoisotopic (exact) mass is 517 g/mol. The maximum atomic E-state index is 11.2. The topological polar surface area (TPSA) is 140 Å². The van der Waals surface area contributed by atoms with Gasteiger partial charge in [0.05, 0.1) is 17.3 Å². The van der Waals surface area contributed by atoms with Gasteiger partial charge in [-0.15, -0.1) is 0 Å². The number of nitrogens with two attached hydrogens (primary N) is 1. The third-order valence-electron chi connectivity index (χ3n) is 8.55. The lowest BCUT2D eigenvalue weighted by molar-refractivity contribution is -0.143. The molecule has 10 heteroatoms. The highest BCUT2D eigenvalue weighted by Gasteiger charge is 2.42. The van der Waals surface area contributed by atoms with E-state index in [1.165, 1.54) is 0 Å². The molecule has 38 heavy (non-hydrogen) atoms.